The Bertz CT molecular complexity index is 543. The maximum atomic E-state index is 12.2. The zero-order valence-corrected chi connectivity index (χ0v) is 29.8. The highest BCUT2D eigenvalue weighted by atomic mass is 31.2. The second-order valence-corrected chi connectivity index (χ2v) is 14.3. The third-order valence-electron chi connectivity index (χ3n) is 8.53. The molecule has 6 heteroatoms. The fraction of sp³-hybridized carbons (Fsp3) is 1.00. The first kappa shape index (κ1) is 42.1. The molecule has 0 aromatic rings. The number of phosphoric acid groups is 1. The minimum atomic E-state index is -3.92. The van der Waals surface area contributed by atoms with Gasteiger partial charge in [-0.2, -0.15) is 0 Å². The molecule has 0 saturated carbocycles. The summed E-state index contributed by atoms with van der Waals surface area (Å²) in [6.07, 6.45) is 35.9. The molecule has 1 atom stereocenters. The van der Waals surface area contributed by atoms with Crippen LogP contribution < -0.4 is 0 Å². The van der Waals surface area contributed by atoms with Gasteiger partial charge in [-0.15, -0.1) is 0 Å². The van der Waals surface area contributed by atoms with E-state index in [-0.39, 0.29) is 0 Å². The van der Waals surface area contributed by atoms with Gasteiger partial charge in [0.15, 0.2) is 0 Å². The van der Waals surface area contributed by atoms with Gasteiger partial charge in [-0.3, -0.25) is 9.05 Å². The third kappa shape index (κ3) is 33.0. The van der Waals surface area contributed by atoms with E-state index >= 15 is 0 Å². The van der Waals surface area contributed by atoms with Crippen LogP contribution in [0.5, 0.6) is 0 Å². The van der Waals surface area contributed by atoms with Crippen LogP contribution in [-0.2, 0) is 13.6 Å². The average molecular weight is 618 g/mol. The Hall–Kier alpha value is 0.0700. The average Bonchev–Trinajstić information content (AvgIpc) is 2.98. The van der Waals surface area contributed by atoms with Crippen LogP contribution in [-0.4, -0.2) is 42.6 Å². The highest BCUT2D eigenvalue weighted by Crippen LogP contribution is 2.43. The van der Waals surface area contributed by atoms with Crippen molar-refractivity contribution in [3.8, 4) is 0 Å². The van der Waals surface area contributed by atoms with Crippen molar-refractivity contribution < 1.29 is 18.5 Å². The van der Waals surface area contributed by atoms with E-state index in [0.29, 0.717) is 13.2 Å². The van der Waals surface area contributed by atoms with Crippen LogP contribution in [0.15, 0.2) is 0 Å². The first-order valence-corrected chi connectivity index (χ1v) is 20.4. The third-order valence-corrected chi connectivity index (χ3v) is 9.55. The number of rotatable bonds is 36. The summed E-state index contributed by atoms with van der Waals surface area (Å²) in [5, 5.41) is 0. The molecule has 0 heterocycles. The van der Waals surface area contributed by atoms with E-state index < -0.39 is 7.82 Å². The maximum Gasteiger partial charge on any atom is 0.472 e. The Morgan fingerprint density at radius 2 is 0.643 bits per heavy atom. The van der Waals surface area contributed by atoms with E-state index in [1.54, 1.807) is 0 Å². The van der Waals surface area contributed by atoms with E-state index in [4.69, 9.17) is 9.05 Å². The molecule has 0 aliphatic carbocycles. The first-order valence-electron chi connectivity index (χ1n) is 18.9. The Labute approximate surface area is 264 Å². The van der Waals surface area contributed by atoms with Crippen molar-refractivity contribution in [2.45, 2.75) is 201 Å². The number of hydrogen-bond donors (Lipinski definition) is 1. The van der Waals surface area contributed by atoms with Gasteiger partial charge >= 0.3 is 7.82 Å². The molecule has 0 aliphatic heterocycles. The Morgan fingerprint density at radius 3 is 0.976 bits per heavy atom. The summed E-state index contributed by atoms with van der Waals surface area (Å²) >= 11 is 0. The van der Waals surface area contributed by atoms with Crippen molar-refractivity contribution >= 4 is 7.82 Å². The monoisotopic (exact) mass is 618 g/mol. The van der Waals surface area contributed by atoms with Crippen LogP contribution >= 0.6 is 7.82 Å². The molecule has 42 heavy (non-hydrogen) atoms. The predicted molar refractivity (Wildman–Crippen MR) is 184 cm³/mol. The van der Waals surface area contributed by atoms with Crippen LogP contribution in [0.2, 0.25) is 0 Å². The van der Waals surface area contributed by atoms with Gasteiger partial charge in [0.2, 0.25) is 0 Å². The van der Waals surface area contributed by atoms with Crippen LogP contribution in [0, 0.1) is 0 Å². The molecule has 0 aliphatic rings. The van der Waals surface area contributed by atoms with Crippen LogP contribution in [0.1, 0.15) is 201 Å². The van der Waals surface area contributed by atoms with Gasteiger partial charge in [0.1, 0.15) is 0 Å². The number of hydrogen-bond acceptors (Lipinski definition) is 4. The van der Waals surface area contributed by atoms with Crippen molar-refractivity contribution in [2.24, 2.45) is 0 Å². The fourth-order valence-electron chi connectivity index (χ4n) is 5.70. The van der Waals surface area contributed by atoms with E-state index in [2.05, 4.69) is 25.7 Å². The van der Waals surface area contributed by atoms with Crippen LogP contribution in [0.3, 0.4) is 0 Å². The summed E-state index contributed by atoms with van der Waals surface area (Å²) in [7, 11) is -3.92. The van der Waals surface area contributed by atoms with Crippen molar-refractivity contribution in [2.75, 3.05) is 32.8 Å². The van der Waals surface area contributed by atoms with E-state index in [1.807, 2.05) is 0 Å². The van der Waals surface area contributed by atoms with Gasteiger partial charge in [-0.05, 0) is 51.7 Å². The van der Waals surface area contributed by atoms with Crippen LogP contribution in [0.4, 0.5) is 0 Å². The lowest BCUT2D eigenvalue weighted by molar-refractivity contribution is 0.143. The molecule has 254 valence electrons. The van der Waals surface area contributed by atoms with Crippen molar-refractivity contribution in [3.05, 3.63) is 0 Å². The molecule has 1 N–H and O–H groups in total. The molecule has 5 nitrogen and oxygen atoms in total. The van der Waals surface area contributed by atoms with Gasteiger partial charge in [0.25, 0.3) is 0 Å². The normalized spacial score (nSPS) is 13.3. The summed E-state index contributed by atoms with van der Waals surface area (Å²) in [6, 6.07) is 0. The van der Waals surface area contributed by atoms with E-state index in [9.17, 15) is 9.46 Å². The Morgan fingerprint density at radius 1 is 0.405 bits per heavy atom. The fourth-order valence-corrected chi connectivity index (χ4v) is 6.49. The lowest BCUT2D eigenvalue weighted by atomic mass is 10.1. The summed E-state index contributed by atoms with van der Waals surface area (Å²) in [4.78, 5) is 12.7. The largest absolute Gasteiger partial charge is 0.472 e. The lowest BCUT2D eigenvalue weighted by Gasteiger charge is -2.22. The highest BCUT2D eigenvalue weighted by molar-refractivity contribution is 7.47. The molecule has 0 saturated heterocycles. The maximum absolute atomic E-state index is 12.2. The molecule has 0 spiro atoms. The van der Waals surface area contributed by atoms with Gasteiger partial charge in [-0.1, -0.05) is 168 Å². The minimum Gasteiger partial charge on any atom is -0.303 e. The van der Waals surface area contributed by atoms with Crippen molar-refractivity contribution in [3.63, 3.8) is 0 Å². The zero-order valence-electron chi connectivity index (χ0n) is 28.9. The zero-order chi connectivity index (χ0) is 30.8. The second-order valence-electron chi connectivity index (χ2n) is 12.8. The molecule has 0 aromatic heterocycles. The Kier molecular flexibility index (Phi) is 34.0. The molecule has 0 amide bonds. The number of nitrogens with zero attached hydrogens (tertiary/aromatic N) is 1. The highest BCUT2D eigenvalue weighted by Gasteiger charge is 2.20. The van der Waals surface area contributed by atoms with Gasteiger partial charge in [-0.25, -0.2) is 4.57 Å². The van der Waals surface area contributed by atoms with Gasteiger partial charge in [0.05, 0.1) is 13.2 Å². The summed E-state index contributed by atoms with van der Waals surface area (Å²) < 4.78 is 22.7. The molecule has 0 bridgehead atoms. The predicted octanol–water partition coefficient (Wildman–Crippen LogP) is 12.4. The van der Waals surface area contributed by atoms with Gasteiger partial charge in [0, 0.05) is 0 Å². The molecule has 1 unspecified atom stereocenters. The van der Waals surface area contributed by atoms with Crippen molar-refractivity contribution in [1.29, 1.82) is 0 Å². The second kappa shape index (κ2) is 34.0. The number of unbranched alkanes of at least 4 members (excludes halogenated alkanes) is 24. The minimum absolute atomic E-state index is 0.301. The topological polar surface area (TPSA) is 59.0 Å². The lowest BCUT2D eigenvalue weighted by Crippen LogP contribution is -2.27. The summed E-state index contributed by atoms with van der Waals surface area (Å²) in [6.45, 7) is 10.9. The SMILES string of the molecule is CCCCCCCCCCCCOP(=O)(O)OCCCCN(CCCCCCCCCC)CCCCCCCCCC. The quantitative estimate of drug-likeness (QED) is 0.0560. The first-order chi connectivity index (χ1) is 20.6. The molecular weight excluding hydrogens is 541 g/mol. The number of phosphoric ester groups is 1. The molecule has 0 rings (SSSR count). The van der Waals surface area contributed by atoms with Gasteiger partial charge < -0.3 is 9.79 Å². The summed E-state index contributed by atoms with van der Waals surface area (Å²) in [5.41, 5.74) is 0. The van der Waals surface area contributed by atoms with Crippen molar-refractivity contribution in [1.82, 2.24) is 4.90 Å². The Balaban J connectivity index is 4.00. The standard InChI is InChI=1S/C36H76NO4P/c1-4-7-10-13-16-19-20-23-26-30-35-40-42(38,39)41-36-31-29-34-37(32-27-24-21-17-14-11-8-5-2)33-28-25-22-18-15-12-9-6-3/h4-36H2,1-3H3,(H,38,39). The van der Waals surface area contributed by atoms with Crippen LogP contribution in [0.25, 0.3) is 0 Å². The molecular formula is C36H76NO4P. The van der Waals surface area contributed by atoms with E-state index in [0.717, 1.165) is 32.2 Å². The molecule has 0 aromatic carbocycles. The summed E-state index contributed by atoms with van der Waals surface area (Å²) in [5.74, 6) is 0. The van der Waals surface area contributed by atoms with E-state index in [1.165, 1.54) is 167 Å². The smallest absolute Gasteiger partial charge is 0.303 e. The molecule has 0 fully saturated rings. The molecule has 0 radical (unpaired) electrons.